The van der Waals surface area contributed by atoms with Gasteiger partial charge < -0.3 is 10.0 Å². The first-order valence-electron chi connectivity index (χ1n) is 5.48. The molecule has 0 bridgehead atoms. The number of nitrogens with zero attached hydrogens (tertiary/aromatic N) is 2. The minimum absolute atomic E-state index is 0.204. The average molecular weight is 274 g/mol. The molecule has 19 heavy (non-hydrogen) atoms. The van der Waals surface area contributed by atoms with Crippen LogP contribution in [0.1, 0.15) is 23.0 Å². The molecule has 1 N–H and O–H groups in total. The van der Waals surface area contributed by atoms with E-state index in [1.54, 1.807) is 6.92 Å². The monoisotopic (exact) mass is 274 g/mol. The molecule has 0 aliphatic heterocycles. The Balaban J connectivity index is 3.37. The topological polar surface area (TPSA) is 53.4 Å². The van der Waals surface area contributed by atoms with Gasteiger partial charge in [0.1, 0.15) is 17.1 Å². The standard InChI is InChI=1S/C12H13F3N2O2/c1-3-7-17(4-2)10-8(11(18)19)5-6-9(16-10)12(13,14)15/h3,5-6H,1,4,7H2,2H3,(H,18,19). The summed E-state index contributed by atoms with van der Waals surface area (Å²) >= 11 is 0. The predicted molar refractivity (Wildman–Crippen MR) is 64.3 cm³/mol. The maximum Gasteiger partial charge on any atom is 0.433 e. The molecule has 0 unspecified atom stereocenters. The Labute approximate surface area is 108 Å². The number of carbonyl (C=O) groups is 1. The molecule has 0 aliphatic carbocycles. The summed E-state index contributed by atoms with van der Waals surface area (Å²) in [7, 11) is 0. The lowest BCUT2D eigenvalue weighted by Gasteiger charge is -2.22. The number of anilines is 1. The van der Waals surface area contributed by atoms with Gasteiger partial charge in [0.2, 0.25) is 0 Å². The summed E-state index contributed by atoms with van der Waals surface area (Å²) in [5.41, 5.74) is -1.38. The Morgan fingerprint density at radius 1 is 1.53 bits per heavy atom. The molecular formula is C12H13F3N2O2. The van der Waals surface area contributed by atoms with Gasteiger partial charge in [-0.05, 0) is 19.1 Å². The summed E-state index contributed by atoms with van der Waals surface area (Å²) in [6.45, 7) is 5.71. The van der Waals surface area contributed by atoms with Crippen LogP contribution in [0.4, 0.5) is 19.0 Å². The van der Waals surface area contributed by atoms with E-state index in [0.29, 0.717) is 12.6 Å². The lowest BCUT2D eigenvalue weighted by atomic mass is 10.2. The lowest BCUT2D eigenvalue weighted by molar-refractivity contribution is -0.141. The highest BCUT2D eigenvalue weighted by atomic mass is 19.4. The normalized spacial score (nSPS) is 11.2. The van der Waals surface area contributed by atoms with Gasteiger partial charge in [-0.15, -0.1) is 6.58 Å². The molecule has 1 rings (SSSR count). The van der Waals surface area contributed by atoms with E-state index in [0.717, 1.165) is 6.07 Å². The molecule has 0 aliphatic rings. The van der Waals surface area contributed by atoms with Crippen molar-refractivity contribution in [2.75, 3.05) is 18.0 Å². The predicted octanol–water partition coefficient (Wildman–Crippen LogP) is 2.81. The molecule has 0 saturated heterocycles. The molecule has 0 aromatic carbocycles. The summed E-state index contributed by atoms with van der Waals surface area (Å²) in [6.07, 6.45) is -3.14. The van der Waals surface area contributed by atoms with Crippen molar-refractivity contribution in [3.63, 3.8) is 0 Å². The first-order valence-corrected chi connectivity index (χ1v) is 5.48. The number of rotatable bonds is 5. The molecule has 1 heterocycles. The van der Waals surface area contributed by atoms with E-state index in [4.69, 9.17) is 5.11 Å². The molecule has 0 fully saturated rings. The van der Waals surface area contributed by atoms with E-state index in [1.807, 2.05) is 0 Å². The number of hydrogen-bond acceptors (Lipinski definition) is 3. The molecule has 4 nitrogen and oxygen atoms in total. The zero-order valence-electron chi connectivity index (χ0n) is 10.2. The van der Waals surface area contributed by atoms with Crippen molar-refractivity contribution in [2.45, 2.75) is 13.1 Å². The lowest BCUT2D eigenvalue weighted by Crippen LogP contribution is -2.27. The van der Waals surface area contributed by atoms with Crippen LogP contribution in [-0.2, 0) is 6.18 Å². The number of aromatic carboxylic acids is 1. The zero-order valence-corrected chi connectivity index (χ0v) is 10.2. The second kappa shape index (κ2) is 5.73. The molecule has 0 amide bonds. The second-order valence-corrected chi connectivity index (χ2v) is 3.70. The number of aromatic nitrogens is 1. The third-order valence-electron chi connectivity index (χ3n) is 2.43. The minimum atomic E-state index is -4.61. The highest BCUT2D eigenvalue weighted by Crippen LogP contribution is 2.30. The van der Waals surface area contributed by atoms with E-state index in [-0.39, 0.29) is 17.9 Å². The van der Waals surface area contributed by atoms with E-state index < -0.39 is 17.8 Å². The van der Waals surface area contributed by atoms with Gasteiger partial charge in [-0.1, -0.05) is 6.08 Å². The quantitative estimate of drug-likeness (QED) is 0.839. The molecule has 0 radical (unpaired) electrons. The third-order valence-corrected chi connectivity index (χ3v) is 2.43. The number of carboxylic acids is 1. The van der Waals surface area contributed by atoms with Gasteiger partial charge in [-0.3, -0.25) is 0 Å². The Hall–Kier alpha value is -2.05. The van der Waals surface area contributed by atoms with Crippen LogP contribution in [0.2, 0.25) is 0 Å². The Kier molecular flexibility index (Phi) is 4.52. The Morgan fingerprint density at radius 2 is 2.16 bits per heavy atom. The number of hydrogen-bond donors (Lipinski definition) is 1. The van der Waals surface area contributed by atoms with Crippen LogP contribution in [0.5, 0.6) is 0 Å². The first-order chi connectivity index (χ1) is 8.81. The van der Waals surface area contributed by atoms with Crippen molar-refractivity contribution in [2.24, 2.45) is 0 Å². The van der Waals surface area contributed by atoms with Gasteiger partial charge >= 0.3 is 12.1 Å². The molecule has 104 valence electrons. The number of alkyl halides is 3. The Bertz CT molecular complexity index is 486. The number of pyridine rings is 1. The van der Waals surface area contributed by atoms with E-state index in [9.17, 15) is 18.0 Å². The summed E-state index contributed by atoms with van der Waals surface area (Å²) in [5.74, 6) is -1.52. The zero-order chi connectivity index (χ0) is 14.6. The van der Waals surface area contributed by atoms with Gasteiger partial charge in [0.25, 0.3) is 0 Å². The fourth-order valence-corrected chi connectivity index (χ4v) is 1.54. The number of carboxylic acid groups (broad SMARTS) is 1. The van der Waals surface area contributed by atoms with E-state index in [1.165, 1.54) is 11.0 Å². The number of likely N-dealkylation sites (N-methyl/N-ethyl adjacent to an activating group) is 1. The van der Waals surface area contributed by atoms with Crippen molar-refractivity contribution < 1.29 is 23.1 Å². The van der Waals surface area contributed by atoms with E-state index >= 15 is 0 Å². The molecular weight excluding hydrogens is 261 g/mol. The average Bonchev–Trinajstić information content (AvgIpc) is 2.34. The molecule has 1 aromatic rings. The first kappa shape index (κ1) is 15.0. The fraction of sp³-hybridized carbons (Fsp3) is 0.333. The van der Waals surface area contributed by atoms with Crippen LogP contribution in [0, 0.1) is 0 Å². The van der Waals surface area contributed by atoms with Crippen LogP contribution >= 0.6 is 0 Å². The number of halogens is 3. The maximum absolute atomic E-state index is 12.6. The summed E-state index contributed by atoms with van der Waals surface area (Å²) < 4.78 is 37.8. The van der Waals surface area contributed by atoms with Crippen molar-refractivity contribution >= 4 is 11.8 Å². The van der Waals surface area contributed by atoms with Crippen molar-refractivity contribution in [3.8, 4) is 0 Å². The largest absolute Gasteiger partial charge is 0.478 e. The highest BCUT2D eigenvalue weighted by Gasteiger charge is 2.34. The smallest absolute Gasteiger partial charge is 0.433 e. The molecule has 0 spiro atoms. The summed E-state index contributed by atoms with van der Waals surface area (Å²) in [6, 6.07) is 1.58. The Morgan fingerprint density at radius 3 is 2.58 bits per heavy atom. The molecule has 0 saturated carbocycles. The van der Waals surface area contributed by atoms with E-state index in [2.05, 4.69) is 11.6 Å². The van der Waals surface area contributed by atoms with Crippen LogP contribution < -0.4 is 4.90 Å². The van der Waals surface area contributed by atoms with Gasteiger partial charge in [-0.2, -0.15) is 13.2 Å². The van der Waals surface area contributed by atoms with Crippen molar-refractivity contribution in [1.29, 1.82) is 0 Å². The second-order valence-electron chi connectivity index (χ2n) is 3.70. The van der Waals surface area contributed by atoms with Gasteiger partial charge in [-0.25, -0.2) is 9.78 Å². The molecule has 1 aromatic heterocycles. The van der Waals surface area contributed by atoms with Gasteiger partial charge in [0.05, 0.1) is 0 Å². The third kappa shape index (κ3) is 3.46. The summed E-state index contributed by atoms with van der Waals surface area (Å²) in [4.78, 5) is 15.9. The SMILES string of the molecule is C=CCN(CC)c1nc(C(F)(F)F)ccc1C(=O)O. The van der Waals surface area contributed by atoms with Crippen LogP contribution in [-0.4, -0.2) is 29.1 Å². The van der Waals surface area contributed by atoms with Crippen molar-refractivity contribution in [1.82, 2.24) is 4.98 Å². The van der Waals surface area contributed by atoms with Gasteiger partial charge in [0, 0.05) is 13.1 Å². The van der Waals surface area contributed by atoms with Crippen LogP contribution in [0.3, 0.4) is 0 Å². The fourth-order valence-electron chi connectivity index (χ4n) is 1.54. The van der Waals surface area contributed by atoms with Gasteiger partial charge in [0.15, 0.2) is 0 Å². The van der Waals surface area contributed by atoms with Crippen LogP contribution in [0.15, 0.2) is 24.8 Å². The molecule has 0 atom stereocenters. The minimum Gasteiger partial charge on any atom is -0.478 e. The summed E-state index contributed by atoms with van der Waals surface area (Å²) in [5, 5.41) is 9.00. The van der Waals surface area contributed by atoms with Crippen LogP contribution in [0.25, 0.3) is 0 Å². The maximum atomic E-state index is 12.6. The van der Waals surface area contributed by atoms with Crippen molar-refractivity contribution in [3.05, 3.63) is 36.0 Å². The molecule has 7 heteroatoms. The highest BCUT2D eigenvalue weighted by molar-refractivity contribution is 5.93.